The minimum absolute atomic E-state index is 0.113. The molecule has 4 rings (SSSR count). The van der Waals surface area contributed by atoms with Crippen molar-refractivity contribution >= 4 is 23.2 Å². The van der Waals surface area contributed by atoms with Gasteiger partial charge in [0.05, 0.1) is 6.04 Å². The van der Waals surface area contributed by atoms with Gasteiger partial charge in [-0.15, -0.1) is 11.3 Å². The maximum atomic E-state index is 13.0. The number of carbonyl (C=O) groups is 2. The highest BCUT2D eigenvalue weighted by molar-refractivity contribution is 7.10. The molecular weight excluding hydrogens is 371 g/mol. The van der Waals surface area contributed by atoms with E-state index in [1.807, 2.05) is 17.5 Å². The molecule has 1 aliphatic heterocycles. The molecule has 1 N–H and O–H groups in total. The first kappa shape index (κ1) is 17.3. The zero-order chi connectivity index (χ0) is 19.0. The number of rotatable bonds is 3. The van der Waals surface area contributed by atoms with Gasteiger partial charge >= 0.3 is 0 Å². The molecule has 2 aromatic heterocycles. The van der Waals surface area contributed by atoms with Gasteiger partial charge in [-0.3, -0.25) is 9.59 Å². The van der Waals surface area contributed by atoms with Crippen LogP contribution >= 0.6 is 11.3 Å². The molecule has 2 amide bonds. The first-order valence-corrected chi connectivity index (χ1v) is 9.15. The van der Waals surface area contributed by atoms with Gasteiger partial charge in [0.2, 0.25) is 5.91 Å². The first-order chi connectivity index (χ1) is 13.0. The number of piperazine rings is 1. The Kier molecular flexibility index (Phi) is 4.44. The van der Waals surface area contributed by atoms with Crippen molar-refractivity contribution in [2.75, 3.05) is 6.54 Å². The summed E-state index contributed by atoms with van der Waals surface area (Å²) in [5.74, 6) is -1.14. The number of hydrogen-bond acceptors (Lipinski definition) is 6. The van der Waals surface area contributed by atoms with Crippen LogP contribution in [0.1, 0.15) is 28.5 Å². The number of halogens is 1. The number of nitrogens with one attached hydrogen (secondary N) is 1. The van der Waals surface area contributed by atoms with Crippen LogP contribution in [-0.2, 0) is 4.79 Å². The molecular formula is C18H15FN4O3S. The predicted octanol–water partition coefficient (Wildman–Crippen LogP) is 2.64. The van der Waals surface area contributed by atoms with Crippen LogP contribution in [-0.4, -0.2) is 39.4 Å². The van der Waals surface area contributed by atoms with E-state index >= 15 is 0 Å². The third-order valence-electron chi connectivity index (χ3n) is 4.40. The highest BCUT2D eigenvalue weighted by Gasteiger charge is 2.37. The Labute approximate surface area is 157 Å². The second-order valence-electron chi connectivity index (χ2n) is 6.14. The quantitative estimate of drug-likeness (QED) is 0.748. The third-order valence-corrected chi connectivity index (χ3v) is 5.38. The summed E-state index contributed by atoms with van der Waals surface area (Å²) in [4.78, 5) is 31.7. The van der Waals surface area contributed by atoms with Crippen molar-refractivity contribution in [2.24, 2.45) is 0 Å². The van der Waals surface area contributed by atoms with Crippen molar-refractivity contribution in [1.29, 1.82) is 0 Å². The van der Waals surface area contributed by atoms with E-state index in [0.717, 1.165) is 4.88 Å². The van der Waals surface area contributed by atoms with E-state index in [9.17, 15) is 14.0 Å². The second kappa shape index (κ2) is 6.92. The maximum absolute atomic E-state index is 13.0. The fourth-order valence-corrected chi connectivity index (χ4v) is 3.66. The molecule has 3 heterocycles. The number of nitrogens with zero attached hydrogens (tertiary/aromatic N) is 3. The van der Waals surface area contributed by atoms with Gasteiger partial charge < -0.3 is 14.7 Å². The van der Waals surface area contributed by atoms with Gasteiger partial charge in [0, 0.05) is 17.0 Å². The number of amides is 2. The highest BCUT2D eigenvalue weighted by atomic mass is 32.1. The van der Waals surface area contributed by atoms with Gasteiger partial charge in [0.1, 0.15) is 11.9 Å². The summed E-state index contributed by atoms with van der Waals surface area (Å²) < 4.78 is 18.2. The van der Waals surface area contributed by atoms with Crippen LogP contribution in [0.4, 0.5) is 4.39 Å². The molecule has 9 heteroatoms. The molecule has 1 aliphatic rings. The molecule has 0 bridgehead atoms. The first-order valence-electron chi connectivity index (χ1n) is 8.27. The molecule has 2 atom stereocenters. The van der Waals surface area contributed by atoms with Crippen molar-refractivity contribution in [3.63, 3.8) is 0 Å². The second-order valence-corrected chi connectivity index (χ2v) is 7.12. The number of benzene rings is 1. The summed E-state index contributed by atoms with van der Waals surface area (Å²) in [7, 11) is 0. The van der Waals surface area contributed by atoms with Crippen LogP contribution in [0.5, 0.6) is 0 Å². The zero-order valence-electron chi connectivity index (χ0n) is 14.3. The van der Waals surface area contributed by atoms with E-state index in [4.69, 9.17) is 4.52 Å². The summed E-state index contributed by atoms with van der Waals surface area (Å²) >= 11 is 1.51. The predicted molar refractivity (Wildman–Crippen MR) is 95.4 cm³/mol. The normalized spacial score (nSPS) is 19.8. The lowest BCUT2D eigenvalue weighted by molar-refractivity contribution is -0.128. The lowest BCUT2D eigenvalue weighted by Gasteiger charge is -2.36. The summed E-state index contributed by atoms with van der Waals surface area (Å²) in [5, 5.41) is 8.57. The summed E-state index contributed by atoms with van der Waals surface area (Å²) in [5.41, 5.74) is 0.504. The van der Waals surface area contributed by atoms with E-state index in [1.54, 1.807) is 6.92 Å². The summed E-state index contributed by atoms with van der Waals surface area (Å²) in [6.07, 6.45) is 0. The zero-order valence-corrected chi connectivity index (χ0v) is 15.1. The van der Waals surface area contributed by atoms with Crippen LogP contribution in [0.2, 0.25) is 0 Å². The Morgan fingerprint density at radius 1 is 1.33 bits per heavy atom. The number of thiophene rings is 1. The fraction of sp³-hybridized carbons (Fsp3) is 0.222. The minimum Gasteiger partial charge on any atom is -0.345 e. The van der Waals surface area contributed by atoms with Gasteiger partial charge in [-0.1, -0.05) is 11.2 Å². The Morgan fingerprint density at radius 2 is 2.11 bits per heavy atom. The molecule has 1 aromatic carbocycles. The van der Waals surface area contributed by atoms with Crippen LogP contribution in [0, 0.1) is 5.82 Å². The topological polar surface area (TPSA) is 88.3 Å². The van der Waals surface area contributed by atoms with Crippen molar-refractivity contribution in [3.8, 4) is 11.5 Å². The monoisotopic (exact) mass is 386 g/mol. The summed E-state index contributed by atoms with van der Waals surface area (Å²) in [6, 6.07) is 8.39. The van der Waals surface area contributed by atoms with Crippen molar-refractivity contribution < 1.29 is 18.5 Å². The van der Waals surface area contributed by atoms with E-state index in [-0.39, 0.29) is 29.5 Å². The summed E-state index contributed by atoms with van der Waals surface area (Å²) in [6.45, 7) is 1.96. The lowest BCUT2D eigenvalue weighted by atomic mass is 10.1. The Hall–Kier alpha value is -3.07. The molecule has 0 spiro atoms. The Balaban J connectivity index is 1.57. The van der Waals surface area contributed by atoms with Crippen molar-refractivity contribution in [2.45, 2.75) is 19.0 Å². The van der Waals surface area contributed by atoms with Crippen molar-refractivity contribution in [1.82, 2.24) is 20.4 Å². The van der Waals surface area contributed by atoms with Gasteiger partial charge in [0.25, 0.3) is 17.6 Å². The molecule has 3 aromatic rings. The van der Waals surface area contributed by atoms with Crippen LogP contribution in [0.3, 0.4) is 0 Å². The average Bonchev–Trinajstić information content (AvgIpc) is 3.36. The average molecular weight is 386 g/mol. The van der Waals surface area contributed by atoms with Gasteiger partial charge in [-0.25, -0.2) is 4.39 Å². The van der Waals surface area contributed by atoms with Gasteiger partial charge in [-0.05, 0) is 42.6 Å². The van der Waals surface area contributed by atoms with Crippen molar-refractivity contribution in [3.05, 3.63) is 58.3 Å². The Morgan fingerprint density at radius 3 is 2.81 bits per heavy atom. The molecule has 7 nitrogen and oxygen atoms in total. The highest BCUT2D eigenvalue weighted by Crippen LogP contribution is 2.25. The molecule has 0 aliphatic carbocycles. The molecule has 0 radical (unpaired) electrons. The molecule has 27 heavy (non-hydrogen) atoms. The van der Waals surface area contributed by atoms with E-state index in [0.29, 0.717) is 12.1 Å². The molecule has 0 saturated carbocycles. The largest absolute Gasteiger partial charge is 0.345 e. The number of carbonyl (C=O) groups excluding carboxylic acids is 2. The van der Waals surface area contributed by atoms with E-state index in [1.165, 1.54) is 40.5 Å². The fourth-order valence-electron chi connectivity index (χ4n) is 2.89. The molecule has 138 valence electrons. The lowest BCUT2D eigenvalue weighted by Crippen LogP contribution is -2.57. The minimum atomic E-state index is -0.651. The molecule has 1 saturated heterocycles. The molecule has 1 fully saturated rings. The molecule has 2 unspecified atom stereocenters. The number of hydrogen-bond donors (Lipinski definition) is 1. The van der Waals surface area contributed by atoms with E-state index < -0.39 is 11.9 Å². The number of aromatic nitrogens is 2. The van der Waals surface area contributed by atoms with Crippen LogP contribution < -0.4 is 5.32 Å². The maximum Gasteiger partial charge on any atom is 0.296 e. The van der Waals surface area contributed by atoms with Gasteiger partial charge in [-0.2, -0.15) is 4.98 Å². The van der Waals surface area contributed by atoms with Crippen LogP contribution in [0.25, 0.3) is 11.5 Å². The smallest absolute Gasteiger partial charge is 0.296 e. The van der Waals surface area contributed by atoms with Gasteiger partial charge in [0.15, 0.2) is 0 Å². The standard InChI is InChI=1S/C18H15FN4O3S/c1-10-16(24)20-13(14-3-2-8-27-14)9-23(10)18(25)15-21-17(26-22-15)11-4-6-12(19)7-5-11/h2-8,10,13H,9H2,1H3,(H,20,24). The SMILES string of the molecule is CC1C(=O)NC(c2cccs2)CN1C(=O)c1noc(-c2ccc(F)cc2)n1. The third kappa shape index (κ3) is 3.33. The van der Waals surface area contributed by atoms with Crippen LogP contribution in [0.15, 0.2) is 46.3 Å². The van der Waals surface area contributed by atoms with E-state index in [2.05, 4.69) is 15.5 Å². The Bertz CT molecular complexity index is 971.